The van der Waals surface area contributed by atoms with E-state index in [1.54, 1.807) is 7.05 Å². The molecule has 1 amide bonds. The monoisotopic (exact) mass is 406 g/mol. The molecule has 0 aromatic heterocycles. The molecule has 3 rings (SSSR count). The van der Waals surface area contributed by atoms with E-state index < -0.39 is 17.5 Å². The molecule has 6 heteroatoms. The van der Waals surface area contributed by atoms with E-state index in [1.807, 2.05) is 12.1 Å². The van der Waals surface area contributed by atoms with Gasteiger partial charge in [0.25, 0.3) is 5.91 Å². The largest absolute Gasteiger partial charge is 0.341 e. The van der Waals surface area contributed by atoms with Gasteiger partial charge in [-0.3, -0.25) is 4.79 Å². The van der Waals surface area contributed by atoms with Crippen LogP contribution in [0.3, 0.4) is 0 Å². The molecule has 0 spiro atoms. The third kappa shape index (κ3) is 5.30. The number of nitrogens with zero attached hydrogens (tertiary/aromatic N) is 2. The number of amides is 1. The van der Waals surface area contributed by atoms with Crippen LogP contribution in [0, 0.1) is 17.6 Å². The Bertz CT molecular complexity index is 805. The molecule has 0 N–H and O–H groups in total. The molecule has 1 aliphatic rings. The zero-order valence-corrected chi connectivity index (χ0v) is 16.8. The van der Waals surface area contributed by atoms with Crippen molar-refractivity contribution in [3.05, 3.63) is 70.2 Å². The second-order valence-electron chi connectivity index (χ2n) is 7.45. The molecule has 1 fully saturated rings. The summed E-state index contributed by atoms with van der Waals surface area (Å²) in [6.45, 7) is 3.51. The van der Waals surface area contributed by atoms with Crippen molar-refractivity contribution in [2.24, 2.45) is 5.92 Å². The van der Waals surface area contributed by atoms with E-state index >= 15 is 0 Å². The number of hydrogen-bond donors (Lipinski definition) is 0. The first-order valence-corrected chi connectivity index (χ1v) is 9.98. The van der Waals surface area contributed by atoms with Crippen molar-refractivity contribution in [1.82, 2.24) is 9.80 Å². The molecule has 1 aliphatic heterocycles. The van der Waals surface area contributed by atoms with Crippen molar-refractivity contribution in [1.29, 1.82) is 0 Å². The first-order valence-electron chi connectivity index (χ1n) is 9.60. The van der Waals surface area contributed by atoms with E-state index in [9.17, 15) is 13.6 Å². The van der Waals surface area contributed by atoms with Crippen molar-refractivity contribution >= 4 is 17.5 Å². The maximum Gasteiger partial charge on any atom is 0.256 e. The lowest BCUT2D eigenvalue weighted by atomic mass is 9.95. The van der Waals surface area contributed by atoms with E-state index in [-0.39, 0.29) is 5.56 Å². The fourth-order valence-corrected chi connectivity index (χ4v) is 3.80. The maximum atomic E-state index is 13.9. The molecule has 2 aromatic carbocycles. The summed E-state index contributed by atoms with van der Waals surface area (Å²) in [5.41, 5.74) is 1.07. The highest BCUT2D eigenvalue weighted by Gasteiger charge is 2.24. The van der Waals surface area contributed by atoms with Crippen LogP contribution in [0.4, 0.5) is 8.78 Å². The lowest BCUT2D eigenvalue weighted by Gasteiger charge is -2.34. The van der Waals surface area contributed by atoms with Gasteiger partial charge < -0.3 is 9.80 Å². The van der Waals surface area contributed by atoms with E-state index in [0.717, 1.165) is 50.0 Å². The summed E-state index contributed by atoms with van der Waals surface area (Å²) in [7, 11) is 1.65. The van der Waals surface area contributed by atoms with Crippen molar-refractivity contribution in [2.75, 3.05) is 33.2 Å². The number of hydrogen-bond acceptors (Lipinski definition) is 2. The van der Waals surface area contributed by atoms with E-state index in [4.69, 9.17) is 11.6 Å². The summed E-state index contributed by atoms with van der Waals surface area (Å²) >= 11 is 5.92. The molecule has 0 atom stereocenters. The minimum Gasteiger partial charge on any atom is -0.341 e. The second kappa shape index (κ2) is 9.48. The van der Waals surface area contributed by atoms with E-state index in [0.29, 0.717) is 12.5 Å². The topological polar surface area (TPSA) is 23.6 Å². The highest BCUT2D eigenvalue weighted by Crippen LogP contribution is 2.20. The normalized spacial score (nSPS) is 15.6. The molecule has 0 radical (unpaired) electrons. The molecule has 0 saturated carbocycles. The van der Waals surface area contributed by atoms with Gasteiger partial charge in [-0.2, -0.15) is 0 Å². The lowest BCUT2D eigenvalue weighted by molar-refractivity contribution is 0.0734. The van der Waals surface area contributed by atoms with Gasteiger partial charge in [0, 0.05) is 25.2 Å². The number of rotatable bonds is 6. The fraction of sp³-hybridized carbons (Fsp3) is 0.409. The molecule has 28 heavy (non-hydrogen) atoms. The van der Waals surface area contributed by atoms with Crippen LogP contribution in [0.25, 0.3) is 0 Å². The fourth-order valence-electron chi connectivity index (χ4n) is 3.68. The van der Waals surface area contributed by atoms with Gasteiger partial charge in [-0.1, -0.05) is 29.8 Å². The van der Waals surface area contributed by atoms with Crippen LogP contribution in [-0.4, -0.2) is 48.9 Å². The smallest absolute Gasteiger partial charge is 0.256 e. The van der Waals surface area contributed by atoms with Crippen molar-refractivity contribution in [2.45, 2.75) is 19.3 Å². The second-order valence-corrected chi connectivity index (χ2v) is 7.88. The van der Waals surface area contributed by atoms with Gasteiger partial charge in [0.15, 0.2) is 11.6 Å². The van der Waals surface area contributed by atoms with Crippen LogP contribution in [-0.2, 0) is 6.42 Å². The first-order chi connectivity index (χ1) is 13.4. The van der Waals surface area contributed by atoms with Crippen molar-refractivity contribution in [3.63, 3.8) is 0 Å². The Hall–Kier alpha value is -1.98. The van der Waals surface area contributed by atoms with Gasteiger partial charge in [0.1, 0.15) is 0 Å². The van der Waals surface area contributed by atoms with Gasteiger partial charge >= 0.3 is 0 Å². The number of carbonyl (C=O) groups is 1. The molecular formula is C22H25ClF2N2O. The lowest BCUT2D eigenvalue weighted by Crippen LogP contribution is -2.40. The number of likely N-dealkylation sites (tertiary alicyclic amines) is 1. The molecule has 2 aromatic rings. The predicted octanol–water partition coefficient (Wildman–Crippen LogP) is 4.64. The molecule has 3 nitrogen and oxygen atoms in total. The van der Waals surface area contributed by atoms with E-state index in [1.165, 1.54) is 22.6 Å². The van der Waals surface area contributed by atoms with Gasteiger partial charge in [0.2, 0.25) is 0 Å². The predicted molar refractivity (Wildman–Crippen MR) is 108 cm³/mol. The van der Waals surface area contributed by atoms with Crippen molar-refractivity contribution < 1.29 is 13.6 Å². The van der Waals surface area contributed by atoms with Gasteiger partial charge in [-0.05, 0) is 68.1 Å². The molecule has 0 bridgehead atoms. The van der Waals surface area contributed by atoms with Crippen LogP contribution < -0.4 is 0 Å². The van der Waals surface area contributed by atoms with Gasteiger partial charge in [0.05, 0.1) is 5.56 Å². The van der Waals surface area contributed by atoms with Crippen LogP contribution in [0.1, 0.15) is 28.8 Å². The van der Waals surface area contributed by atoms with E-state index in [2.05, 4.69) is 17.0 Å². The maximum absolute atomic E-state index is 13.9. The molecule has 0 unspecified atom stereocenters. The van der Waals surface area contributed by atoms with Gasteiger partial charge in [-0.15, -0.1) is 0 Å². The number of halogens is 3. The van der Waals surface area contributed by atoms with Crippen LogP contribution in [0.2, 0.25) is 5.02 Å². The zero-order valence-electron chi connectivity index (χ0n) is 16.0. The molecule has 0 aliphatic carbocycles. The highest BCUT2D eigenvalue weighted by atomic mass is 35.5. The Kier molecular flexibility index (Phi) is 7.03. The van der Waals surface area contributed by atoms with Crippen LogP contribution in [0.15, 0.2) is 42.5 Å². The SMILES string of the molecule is CN(CC1CCN(CCc2ccc(Cl)cc2)CC1)C(=O)c1cccc(F)c1F. The van der Waals surface area contributed by atoms with Crippen LogP contribution in [0.5, 0.6) is 0 Å². The minimum atomic E-state index is -1.07. The molecule has 1 saturated heterocycles. The number of piperidine rings is 1. The number of carbonyl (C=O) groups excluding carboxylic acids is 1. The summed E-state index contributed by atoms with van der Waals surface area (Å²) in [6, 6.07) is 11.7. The minimum absolute atomic E-state index is 0.206. The molecule has 150 valence electrons. The summed E-state index contributed by atoms with van der Waals surface area (Å²) in [4.78, 5) is 16.4. The highest BCUT2D eigenvalue weighted by molar-refractivity contribution is 6.30. The third-order valence-corrected chi connectivity index (χ3v) is 5.65. The Morgan fingerprint density at radius 2 is 1.82 bits per heavy atom. The summed E-state index contributed by atoms with van der Waals surface area (Å²) < 4.78 is 27.2. The standard InChI is InChI=1S/C22H25ClF2N2O/c1-26(22(28)19-3-2-4-20(24)21(19)25)15-17-10-13-27(14-11-17)12-9-16-5-7-18(23)8-6-16/h2-8,17H,9-15H2,1H3. The summed E-state index contributed by atoms with van der Waals surface area (Å²) in [5.74, 6) is -2.16. The van der Waals surface area contributed by atoms with Gasteiger partial charge in [-0.25, -0.2) is 8.78 Å². The Morgan fingerprint density at radius 3 is 2.50 bits per heavy atom. The molecule has 1 heterocycles. The van der Waals surface area contributed by atoms with Crippen molar-refractivity contribution in [3.8, 4) is 0 Å². The summed E-state index contributed by atoms with van der Waals surface area (Å²) in [5, 5.41) is 0.751. The average molecular weight is 407 g/mol. The zero-order chi connectivity index (χ0) is 20.1. The average Bonchev–Trinajstić information content (AvgIpc) is 2.70. The quantitative estimate of drug-likeness (QED) is 0.697. The first kappa shape index (κ1) is 20.7. The Balaban J connectivity index is 1.45. The van der Waals surface area contributed by atoms with Crippen LogP contribution >= 0.6 is 11.6 Å². The molecular weight excluding hydrogens is 382 g/mol. The number of benzene rings is 2. The Labute approximate surface area is 169 Å². The Morgan fingerprint density at radius 1 is 1.14 bits per heavy atom. The third-order valence-electron chi connectivity index (χ3n) is 5.40. The summed E-state index contributed by atoms with van der Waals surface area (Å²) in [6.07, 6.45) is 2.97.